The lowest BCUT2D eigenvalue weighted by Crippen LogP contribution is -2.28. The summed E-state index contributed by atoms with van der Waals surface area (Å²) in [4.78, 5) is 11.9. The van der Waals surface area contributed by atoms with Crippen LogP contribution in [-0.2, 0) is 13.6 Å². The minimum absolute atomic E-state index is 0.270. The molecule has 0 aliphatic rings. The minimum Gasteiger partial charge on any atom is -0.332 e. The normalized spacial score (nSPS) is 10.6. The number of carbonyl (C=O) groups is 1. The Kier molecular flexibility index (Phi) is 4.28. The Bertz CT molecular complexity index is 832. The molecule has 0 fully saturated rings. The average molecular weight is 328 g/mol. The highest BCUT2D eigenvalue weighted by Gasteiger charge is 2.07. The summed E-state index contributed by atoms with van der Waals surface area (Å²) in [6, 6.07) is 9.22. The minimum atomic E-state index is -0.357. The number of nitrogens with zero attached hydrogens (tertiary/aromatic N) is 4. The number of hydrogen-bond donors (Lipinski definition) is 2. The molecule has 0 aliphatic carbocycles. The summed E-state index contributed by atoms with van der Waals surface area (Å²) in [6.07, 6.45) is 1.75. The quantitative estimate of drug-likeness (QED) is 0.772. The summed E-state index contributed by atoms with van der Waals surface area (Å²) in [6.45, 7) is 2.17. The van der Waals surface area contributed by atoms with Gasteiger partial charge in [-0.2, -0.15) is 10.2 Å². The Labute approximate surface area is 138 Å². The van der Waals surface area contributed by atoms with Crippen molar-refractivity contribution < 1.29 is 9.18 Å². The van der Waals surface area contributed by atoms with Crippen LogP contribution < -0.4 is 10.6 Å². The first-order valence-corrected chi connectivity index (χ1v) is 7.37. The molecule has 0 radical (unpaired) electrons. The highest BCUT2D eigenvalue weighted by atomic mass is 19.1. The van der Waals surface area contributed by atoms with Gasteiger partial charge in [-0.15, -0.1) is 0 Å². The van der Waals surface area contributed by atoms with Crippen molar-refractivity contribution in [2.75, 3.05) is 5.32 Å². The first kappa shape index (κ1) is 15.7. The van der Waals surface area contributed by atoms with Crippen molar-refractivity contribution in [3.63, 3.8) is 0 Å². The van der Waals surface area contributed by atoms with Gasteiger partial charge in [-0.25, -0.2) is 13.9 Å². The van der Waals surface area contributed by atoms with E-state index in [1.54, 1.807) is 46.9 Å². The predicted molar refractivity (Wildman–Crippen MR) is 87.3 cm³/mol. The number of halogens is 1. The zero-order valence-electron chi connectivity index (χ0n) is 13.3. The monoisotopic (exact) mass is 328 g/mol. The fraction of sp³-hybridized carbons (Fsp3) is 0.188. The van der Waals surface area contributed by atoms with Gasteiger partial charge in [0.15, 0.2) is 5.82 Å². The van der Waals surface area contributed by atoms with Crippen molar-refractivity contribution >= 4 is 11.8 Å². The molecule has 2 N–H and O–H groups in total. The van der Waals surface area contributed by atoms with E-state index < -0.39 is 0 Å². The number of aryl methyl sites for hydroxylation is 2. The van der Waals surface area contributed by atoms with E-state index in [0.29, 0.717) is 11.5 Å². The molecular weight excluding hydrogens is 311 g/mol. The van der Waals surface area contributed by atoms with Gasteiger partial charge in [0.2, 0.25) is 0 Å². The lowest BCUT2D eigenvalue weighted by molar-refractivity contribution is 0.251. The Hall–Kier alpha value is -3.16. The summed E-state index contributed by atoms with van der Waals surface area (Å²) in [7, 11) is 1.81. The lowest BCUT2D eigenvalue weighted by atomic mass is 10.3. The topological polar surface area (TPSA) is 76.8 Å². The van der Waals surface area contributed by atoms with E-state index in [-0.39, 0.29) is 18.4 Å². The summed E-state index contributed by atoms with van der Waals surface area (Å²) in [5.74, 6) is 0.193. The SMILES string of the molecule is Cc1cc(NC(=O)NCc2ccn(-c3ccc(F)cc3)n2)nn1C. The number of amides is 2. The third kappa shape index (κ3) is 3.60. The maximum atomic E-state index is 12.9. The Morgan fingerprint density at radius 2 is 1.96 bits per heavy atom. The lowest BCUT2D eigenvalue weighted by Gasteiger charge is -2.04. The molecule has 24 heavy (non-hydrogen) atoms. The van der Waals surface area contributed by atoms with Crippen LogP contribution in [0.2, 0.25) is 0 Å². The van der Waals surface area contributed by atoms with Crippen molar-refractivity contribution in [2.45, 2.75) is 13.5 Å². The zero-order chi connectivity index (χ0) is 17.1. The van der Waals surface area contributed by atoms with E-state index in [4.69, 9.17) is 0 Å². The van der Waals surface area contributed by atoms with Crippen molar-refractivity contribution in [3.8, 4) is 5.69 Å². The molecule has 3 aromatic rings. The van der Waals surface area contributed by atoms with E-state index in [2.05, 4.69) is 20.8 Å². The molecule has 3 rings (SSSR count). The smallest absolute Gasteiger partial charge is 0.320 e. The van der Waals surface area contributed by atoms with Crippen LogP contribution in [0.25, 0.3) is 5.69 Å². The number of aromatic nitrogens is 4. The molecule has 2 aromatic heterocycles. The first-order valence-electron chi connectivity index (χ1n) is 7.37. The number of anilines is 1. The summed E-state index contributed by atoms with van der Waals surface area (Å²) in [5.41, 5.74) is 2.38. The Balaban J connectivity index is 1.57. The number of carbonyl (C=O) groups excluding carboxylic acids is 1. The van der Waals surface area contributed by atoms with E-state index in [1.807, 2.05) is 6.92 Å². The molecule has 2 amide bonds. The Morgan fingerprint density at radius 3 is 2.62 bits per heavy atom. The molecule has 1 aromatic carbocycles. The van der Waals surface area contributed by atoms with Crippen LogP contribution in [0.15, 0.2) is 42.6 Å². The first-order chi connectivity index (χ1) is 11.5. The molecule has 2 heterocycles. The number of benzene rings is 1. The van der Waals surface area contributed by atoms with Crippen molar-refractivity contribution in [3.05, 3.63) is 59.8 Å². The van der Waals surface area contributed by atoms with Gasteiger partial charge in [0.05, 0.1) is 17.9 Å². The molecule has 0 saturated carbocycles. The van der Waals surface area contributed by atoms with Crippen molar-refractivity contribution in [2.24, 2.45) is 7.05 Å². The molecule has 0 atom stereocenters. The van der Waals surface area contributed by atoms with E-state index >= 15 is 0 Å². The number of urea groups is 1. The highest BCUT2D eigenvalue weighted by Crippen LogP contribution is 2.09. The van der Waals surface area contributed by atoms with Gasteiger partial charge >= 0.3 is 6.03 Å². The maximum absolute atomic E-state index is 12.9. The number of hydrogen-bond acceptors (Lipinski definition) is 3. The molecule has 7 nitrogen and oxygen atoms in total. The fourth-order valence-electron chi connectivity index (χ4n) is 2.15. The van der Waals surface area contributed by atoms with Crippen LogP contribution >= 0.6 is 0 Å². The maximum Gasteiger partial charge on any atom is 0.320 e. The van der Waals surface area contributed by atoms with E-state index in [1.165, 1.54) is 12.1 Å². The van der Waals surface area contributed by atoms with Gasteiger partial charge in [-0.3, -0.25) is 10.00 Å². The van der Waals surface area contributed by atoms with Crippen molar-refractivity contribution in [1.82, 2.24) is 24.9 Å². The van der Waals surface area contributed by atoms with E-state index in [0.717, 1.165) is 11.4 Å². The summed E-state index contributed by atoms with van der Waals surface area (Å²) < 4.78 is 16.2. The largest absolute Gasteiger partial charge is 0.332 e. The second kappa shape index (κ2) is 6.53. The van der Waals surface area contributed by atoms with Gasteiger partial charge in [-0.05, 0) is 37.3 Å². The standard InChI is InChI=1S/C16H17FN6O/c1-11-9-15(21-22(11)2)19-16(24)18-10-13-7-8-23(20-13)14-5-3-12(17)4-6-14/h3-9H,10H2,1-2H3,(H2,18,19,21,24). The highest BCUT2D eigenvalue weighted by molar-refractivity contribution is 5.88. The molecule has 0 saturated heterocycles. The Morgan fingerprint density at radius 1 is 1.21 bits per heavy atom. The average Bonchev–Trinajstić information content (AvgIpc) is 3.13. The summed E-state index contributed by atoms with van der Waals surface area (Å²) in [5, 5.41) is 13.9. The third-order valence-corrected chi connectivity index (χ3v) is 3.52. The molecule has 0 aliphatic heterocycles. The van der Waals surface area contributed by atoms with Gasteiger partial charge in [-0.1, -0.05) is 0 Å². The van der Waals surface area contributed by atoms with Gasteiger partial charge in [0.25, 0.3) is 0 Å². The summed E-state index contributed by atoms with van der Waals surface area (Å²) >= 11 is 0. The van der Waals surface area contributed by atoms with Crippen LogP contribution in [0.5, 0.6) is 0 Å². The molecule has 0 spiro atoms. The number of nitrogens with one attached hydrogen (secondary N) is 2. The van der Waals surface area contributed by atoms with Crippen LogP contribution in [0, 0.1) is 12.7 Å². The van der Waals surface area contributed by atoms with Crippen LogP contribution in [0.1, 0.15) is 11.4 Å². The molecule has 8 heteroatoms. The molecule has 0 unspecified atom stereocenters. The third-order valence-electron chi connectivity index (χ3n) is 3.52. The van der Waals surface area contributed by atoms with Crippen LogP contribution in [-0.4, -0.2) is 25.6 Å². The number of rotatable bonds is 4. The second-order valence-corrected chi connectivity index (χ2v) is 5.33. The van der Waals surface area contributed by atoms with Crippen LogP contribution in [0.3, 0.4) is 0 Å². The predicted octanol–water partition coefficient (Wildman–Crippen LogP) is 2.38. The zero-order valence-corrected chi connectivity index (χ0v) is 13.3. The molecule has 124 valence electrons. The van der Waals surface area contributed by atoms with Crippen molar-refractivity contribution in [1.29, 1.82) is 0 Å². The second-order valence-electron chi connectivity index (χ2n) is 5.33. The van der Waals surface area contributed by atoms with Gasteiger partial charge < -0.3 is 5.32 Å². The fourth-order valence-corrected chi connectivity index (χ4v) is 2.15. The van der Waals surface area contributed by atoms with E-state index in [9.17, 15) is 9.18 Å². The van der Waals surface area contributed by atoms with Gasteiger partial charge in [0, 0.05) is 25.0 Å². The molecular formula is C16H17FN6O. The molecule has 0 bridgehead atoms. The van der Waals surface area contributed by atoms with Crippen LogP contribution in [0.4, 0.5) is 15.0 Å². The van der Waals surface area contributed by atoms with Gasteiger partial charge in [0.1, 0.15) is 5.82 Å².